The van der Waals surface area contributed by atoms with Crippen molar-refractivity contribution in [2.24, 2.45) is 0 Å². The van der Waals surface area contributed by atoms with Gasteiger partial charge in [0.15, 0.2) is 0 Å². The second-order valence-corrected chi connectivity index (χ2v) is 25.2. The van der Waals surface area contributed by atoms with E-state index in [0.717, 1.165) is 17.1 Å². The van der Waals surface area contributed by atoms with Gasteiger partial charge in [0.25, 0.3) is 6.71 Å². The van der Waals surface area contributed by atoms with Crippen molar-refractivity contribution in [2.45, 2.75) is 124 Å². The third kappa shape index (κ3) is 7.55. The van der Waals surface area contributed by atoms with E-state index >= 15 is 0 Å². The number of nitrogens with zero attached hydrogens (tertiary/aromatic N) is 3. The fraction of sp³-hybridized carbons (Fsp3) is 0.284. The smallest absolute Gasteiger partial charge is 0.252 e. The zero-order valence-corrected chi connectivity index (χ0v) is 44.6. The van der Waals surface area contributed by atoms with Gasteiger partial charge in [0, 0.05) is 50.8 Å². The van der Waals surface area contributed by atoms with Gasteiger partial charge >= 0.3 is 0 Å². The molecule has 0 spiro atoms. The Kier molecular flexibility index (Phi) is 10.6. The van der Waals surface area contributed by atoms with Crippen molar-refractivity contribution in [2.75, 3.05) is 14.7 Å². The van der Waals surface area contributed by atoms with E-state index in [1.165, 1.54) is 95.0 Å². The van der Waals surface area contributed by atoms with Crippen LogP contribution in [0.4, 0.5) is 51.2 Å². The second kappa shape index (κ2) is 16.1. The summed E-state index contributed by atoms with van der Waals surface area (Å²) in [6, 6.07) is 65.6. The summed E-state index contributed by atoms with van der Waals surface area (Å²) in [7, 11) is 0. The molecule has 0 fully saturated rings. The minimum Gasteiger partial charge on any atom is -0.311 e. The van der Waals surface area contributed by atoms with Gasteiger partial charge in [0.1, 0.15) is 0 Å². The van der Waals surface area contributed by atoms with Crippen LogP contribution < -0.4 is 31.1 Å². The molecule has 4 heteroatoms. The highest BCUT2D eigenvalue weighted by Gasteiger charge is 2.49. The molecule has 71 heavy (non-hydrogen) atoms. The summed E-state index contributed by atoms with van der Waals surface area (Å²) < 4.78 is 0. The number of benzene rings is 8. The zero-order valence-electron chi connectivity index (χ0n) is 44.6. The Labute approximate surface area is 425 Å². The van der Waals surface area contributed by atoms with Crippen LogP contribution in [0.1, 0.15) is 130 Å². The van der Waals surface area contributed by atoms with E-state index in [1.54, 1.807) is 0 Å². The molecular weight excluding hydrogens is 858 g/mol. The van der Waals surface area contributed by atoms with Gasteiger partial charge in [-0.05, 0) is 144 Å². The molecule has 0 radical (unpaired) electrons. The van der Waals surface area contributed by atoms with Gasteiger partial charge in [-0.15, -0.1) is 0 Å². The van der Waals surface area contributed by atoms with Gasteiger partial charge in [-0.2, -0.15) is 0 Å². The molecule has 0 amide bonds. The summed E-state index contributed by atoms with van der Waals surface area (Å²) >= 11 is 0. The third-order valence-electron chi connectivity index (χ3n) is 15.9. The summed E-state index contributed by atoms with van der Waals surface area (Å²) in [6.07, 6.45) is 0. The van der Waals surface area contributed by atoms with Crippen molar-refractivity contribution in [3.63, 3.8) is 0 Å². The normalized spacial score (nSPS) is 14.6. The van der Waals surface area contributed by atoms with E-state index in [1.807, 2.05) is 0 Å². The maximum atomic E-state index is 2.64. The van der Waals surface area contributed by atoms with Gasteiger partial charge < -0.3 is 14.7 Å². The first-order valence-electron chi connectivity index (χ1n) is 25.9. The highest BCUT2D eigenvalue weighted by atomic mass is 15.2. The molecule has 8 aromatic carbocycles. The number of anilines is 9. The van der Waals surface area contributed by atoms with E-state index in [9.17, 15) is 0 Å². The Morgan fingerprint density at radius 3 is 1.45 bits per heavy atom. The fourth-order valence-corrected chi connectivity index (χ4v) is 11.8. The Morgan fingerprint density at radius 1 is 0.408 bits per heavy atom. The number of fused-ring (bicyclic) bond motifs is 7. The maximum Gasteiger partial charge on any atom is 0.252 e. The highest BCUT2D eigenvalue weighted by Crippen LogP contribution is 2.59. The molecule has 0 saturated heterocycles. The molecule has 0 atom stereocenters. The van der Waals surface area contributed by atoms with Crippen LogP contribution in [0.25, 0.3) is 11.1 Å². The largest absolute Gasteiger partial charge is 0.311 e. The minimum absolute atomic E-state index is 0.00252. The molecule has 1 aliphatic carbocycles. The lowest BCUT2D eigenvalue weighted by Crippen LogP contribution is -2.62. The van der Waals surface area contributed by atoms with Crippen molar-refractivity contribution >= 4 is 74.3 Å². The second-order valence-electron chi connectivity index (χ2n) is 25.2. The monoisotopic (exact) mass is 928 g/mol. The summed E-state index contributed by atoms with van der Waals surface area (Å²) in [5, 5.41) is 0. The predicted octanol–water partition coefficient (Wildman–Crippen LogP) is 16.7. The standard InChI is InChI=1S/C67H70BN3/c1-63(2,3)43-27-34-48(35-28-43)69(47-21-16-15-17-22-47)62-59-51-23-18-19-24-52(51)67(13,14)53(59)42-55-61(62)71(50-38-31-45(32-39-50)65(7,8)9)58-26-20-25-57-60(58)68(55)54-41-46(66(10,11)12)33-40-56(54)70(57)49-36-29-44(30-37-49)64(4,5)6/h15-42H,1-14H3. The predicted molar refractivity (Wildman–Crippen MR) is 308 cm³/mol. The first kappa shape index (κ1) is 46.6. The van der Waals surface area contributed by atoms with Gasteiger partial charge in [-0.25, -0.2) is 0 Å². The minimum atomic E-state index is -0.279. The Bertz CT molecular complexity index is 3350. The van der Waals surface area contributed by atoms with Gasteiger partial charge in [0.2, 0.25) is 0 Å². The number of rotatable bonds is 5. The first-order valence-corrected chi connectivity index (χ1v) is 25.9. The molecule has 2 heterocycles. The van der Waals surface area contributed by atoms with Crippen molar-refractivity contribution in [3.8, 4) is 11.1 Å². The lowest BCUT2D eigenvalue weighted by Gasteiger charge is -2.46. The molecular formula is C67H70BN3. The topological polar surface area (TPSA) is 9.72 Å². The molecule has 2 aliphatic heterocycles. The van der Waals surface area contributed by atoms with Crippen LogP contribution in [0.15, 0.2) is 170 Å². The Morgan fingerprint density at radius 2 is 0.887 bits per heavy atom. The molecule has 3 nitrogen and oxygen atoms in total. The molecule has 0 aromatic heterocycles. The van der Waals surface area contributed by atoms with Crippen LogP contribution in [0, 0.1) is 0 Å². The van der Waals surface area contributed by atoms with Crippen molar-refractivity contribution in [3.05, 3.63) is 203 Å². The molecule has 8 aromatic rings. The van der Waals surface area contributed by atoms with Crippen molar-refractivity contribution in [1.29, 1.82) is 0 Å². The molecule has 0 unspecified atom stereocenters. The highest BCUT2D eigenvalue weighted by molar-refractivity contribution is 7.00. The van der Waals surface area contributed by atoms with E-state index < -0.39 is 0 Å². The van der Waals surface area contributed by atoms with Crippen LogP contribution in [0.2, 0.25) is 0 Å². The first-order chi connectivity index (χ1) is 33.5. The molecule has 11 rings (SSSR count). The Balaban J connectivity index is 1.31. The fourth-order valence-electron chi connectivity index (χ4n) is 11.8. The maximum absolute atomic E-state index is 2.64. The average molecular weight is 928 g/mol. The van der Waals surface area contributed by atoms with Crippen molar-refractivity contribution in [1.82, 2.24) is 0 Å². The molecule has 356 valence electrons. The lowest BCUT2D eigenvalue weighted by molar-refractivity contribution is 0.590. The Hall–Kier alpha value is -6.78. The average Bonchev–Trinajstić information content (AvgIpc) is 3.56. The molecule has 3 aliphatic rings. The van der Waals surface area contributed by atoms with Gasteiger partial charge in [-0.1, -0.05) is 200 Å². The van der Waals surface area contributed by atoms with Crippen molar-refractivity contribution < 1.29 is 0 Å². The molecule has 0 saturated carbocycles. The summed E-state index contributed by atoms with van der Waals surface area (Å²) in [4.78, 5) is 7.78. The van der Waals surface area contributed by atoms with Crippen LogP contribution in [0.3, 0.4) is 0 Å². The summed E-state index contributed by atoms with van der Waals surface area (Å²) in [5.41, 5.74) is 24.9. The summed E-state index contributed by atoms with van der Waals surface area (Å²) in [6.45, 7) is 32.6. The van der Waals surface area contributed by atoms with Crippen LogP contribution in [-0.2, 0) is 27.1 Å². The van der Waals surface area contributed by atoms with Gasteiger partial charge in [0.05, 0.1) is 11.4 Å². The van der Waals surface area contributed by atoms with E-state index in [0.29, 0.717) is 0 Å². The van der Waals surface area contributed by atoms with E-state index in [2.05, 4.69) is 281 Å². The zero-order chi connectivity index (χ0) is 50.2. The van der Waals surface area contributed by atoms with Crippen LogP contribution >= 0.6 is 0 Å². The van der Waals surface area contributed by atoms with Crippen LogP contribution in [0.5, 0.6) is 0 Å². The SMILES string of the molecule is CC(C)(C)c1ccc(N2c3ccc(C(C)(C)C)cc3B3c4cc5c(c(N(c6ccccc6)c6ccc(C(C)(C)C)cc6)c4N(c4ccc(C(C)(C)C)cc4)c4cccc2c43)-c2ccccc2C5(C)C)cc1. The number of para-hydroxylation sites is 1. The lowest BCUT2D eigenvalue weighted by atomic mass is 9.33. The number of hydrogen-bond donors (Lipinski definition) is 0. The number of hydrogen-bond acceptors (Lipinski definition) is 3. The van der Waals surface area contributed by atoms with E-state index in [-0.39, 0.29) is 33.8 Å². The summed E-state index contributed by atoms with van der Waals surface area (Å²) in [5.74, 6) is 0. The van der Waals surface area contributed by atoms with E-state index in [4.69, 9.17) is 0 Å². The molecule has 0 N–H and O–H groups in total. The quantitative estimate of drug-likeness (QED) is 0.159. The van der Waals surface area contributed by atoms with Crippen LogP contribution in [-0.4, -0.2) is 6.71 Å². The van der Waals surface area contributed by atoms with Gasteiger partial charge in [-0.3, -0.25) is 0 Å². The molecule has 0 bridgehead atoms. The third-order valence-corrected chi connectivity index (χ3v) is 15.9.